The molecule has 0 saturated heterocycles. The van der Waals surface area contributed by atoms with Crippen LogP contribution in [-0.4, -0.2) is 32.4 Å². The van der Waals surface area contributed by atoms with Crippen LogP contribution in [0.2, 0.25) is 0 Å². The highest BCUT2D eigenvalue weighted by molar-refractivity contribution is 7.21. The lowest BCUT2D eigenvalue weighted by atomic mass is 10.3. The molecule has 0 aliphatic rings. The monoisotopic (exact) mass is 329 g/mol. The highest BCUT2D eigenvalue weighted by atomic mass is 32.1. The Labute approximate surface area is 126 Å². The van der Waals surface area contributed by atoms with Crippen LogP contribution in [-0.2, 0) is 7.05 Å². The summed E-state index contributed by atoms with van der Waals surface area (Å²) >= 11 is 1.24. The van der Waals surface area contributed by atoms with Crippen molar-refractivity contribution in [1.29, 1.82) is 0 Å². The number of pyridine rings is 1. The molecule has 0 amide bonds. The molecule has 0 fully saturated rings. The van der Waals surface area contributed by atoms with Crippen molar-refractivity contribution in [2.24, 2.45) is 7.05 Å². The van der Waals surface area contributed by atoms with E-state index in [0.29, 0.717) is 9.84 Å². The minimum absolute atomic E-state index is 0.212. The molecule has 0 bridgehead atoms. The second-order valence-corrected chi connectivity index (χ2v) is 5.51. The SMILES string of the molecule is Cn1c(OCC(F)(F)F)c(O)c2nc(-c3cccnc3)sc21. The molecule has 3 aromatic rings. The average Bonchev–Trinajstić information content (AvgIpc) is 2.99. The lowest BCUT2D eigenvalue weighted by Gasteiger charge is -2.10. The Morgan fingerprint density at radius 1 is 1.41 bits per heavy atom. The van der Waals surface area contributed by atoms with Gasteiger partial charge in [-0.15, -0.1) is 0 Å². The fourth-order valence-corrected chi connectivity index (χ4v) is 2.99. The number of alkyl halides is 3. The van der Waals surface area contributed by atoms with E-state index in [9.17, 15) is 18.3 Å². The molecular weight excluding hydrogens is 319 g/mol. The molecule has 0 aliphatic heterocycles. The van der Waals surface area contributed by atoms with Crippen LogP contribution in [0.3, 0.4) is 0 Å². The maximum atomic E-state index is 12.2. The Morgan fingerprint density at radius 2 is 2.18 bits per heavy atom. The zero-order chi connectivity index (χ0) is 15.9. The molecule has 0 aliphatic carbocycles. The van der Waals surface area contributed by atoms with E-state index < -0.39 is 18.5 Å². The summed E-state index contributed by atoms with van der Waals surface area (Å²) in [5.74, 6) is -0.642. The predicted octanol–water partition coefficient (Wildman–Crippen LogP) is 3.34. The molecule has 3 heterocycles. The fraction of sp³-hybridized carbons (Fsp3) is 0.231. The molecule has 0 spiro atoms. The minimum atomic E-state index is -4.47. The van der Waals surface area contributed by atoms with E-state index in [-0.39, 0.29) is 11.4 Å². The molecule has 0 unspecified atom stereocenters. The van der Waals surface area contributed by atoms with Crippen LogP contribution in [0.1, 0.15) is 0 Å². The molecule has 0 radical (unpaired) electrons. The van der Waals surface area contributed by atoms with Gasteiger partial charge in [-0.1, -0.05) is 11.3 Å². The number of hydrogen-bond donors (Lipinski definition) is 1. The van der Waals surface area contributed by atoms with Gasteiger partial charge in [0.2, 0.25) is 11.6 Å². The average molecular weight is 329 g/mol. The Balaban J connectivity index is 2.00. The largest absolute Gasteiger partial charge is 0.502 e. The molecule has 22 heavy (non-hydrogen) atoms. The molecule has 9 heteroatoms. The van der Waals surface area contributed by atoms with Gasteiger partial charge in [-0.05, 0) is 12.1 Å². The highest BCUT2D eigenvalue weighted by Gasteiger charge is 2.31. The first kappa shape index (κ1) is 14.6. The number of aromatic nitrogens is 3. The van der Waals surface area contributed by atoms with Crippen molar-refractivity contribution < 1.29 is 23.0 Å². The third kappa shape index (κ3) is 2.59. The lowest BCUT2D eigenvalue weighted by Crippen LogP contribution is -2.20. The van der Waals surface area contributed by atoms with Gasteiger partial charge in [0.15, 0.2) is 6.61 Å². The molecule has 1 N–H and O–H groups in total. The van der Waals surface area contributed by atoms with E-state index in [2.05, 4.69) is 14.7 Å². The predicted molar refractivity (Wildman–Crippen MR) is 75.0 cm³/mol. The van der Waals surface area contributed by atoms with Gasteiger partial charge in [0, 0.05) is 25.0 Å². The summed E-state index contributed by atoms with van der Waals surface area (Å²) in [5, 5.41) is 10.7. The van der Waals surface area contributed by atoms with Gasteiger partial charge in [-0.2, -0.15) is 13.2 Å². The maximum absolute atomic E-state index is 12.2. The van der Waals surface area contributed by atoms with Crippen molar-refractivity contribution in [3.8, 4) is 22.2 Å². The summed E-state index contributed by atoms with van der Waals surface area (Å²) in [6, 6.07) is 3.56. The van der Waals surface area contributed by atoms with Crippen LogP contribution in [0.15, 0.2) is 24.5 Å². The van der Waals surface area contributed by atoms with Crippen molar-refractivity contribution in [2.45, 2.75) is 6.18 Å². The Morgan fingerprint density at radius 3 is 2.77 bits per heavy atom. The first-order chi connectivity index (χ1) is 10.4. The number of fused-ring (bicyclic) bond motifs is 1. The number of nitrogens with zero attached hydrogens (tertiary/aromatic N) is 3. The zero-order valence-corrected chi connectivity index (χ0v) is 12.1. The molecule has 116 valence electrons. The van der Waals surface area contributed by atoms with E-state index in [1.807, 2.05) is 6.07 Å². The summed E-state index contributed by atoms with van der Waals surface area (Å²) in [6.45, 7) is -1.47. The molecule has 5 nitrogen and oxygen atoms in total. The topological polar surface area (TPSA) is 60.2 Å². The number of aryl methyl sites for hydroxylation is 1. The quantitative estimate of drug-likeness (QED) is 0.800. The van der Waals surface area contributed by atoms with E-state index in [1.54, 1.807) is 18.5 Å². The van der Waals surface area contributed by atoms with E-state index in [1.165, 1.54) is 23.0 Å². The van der Waals surface area contributed by atoms with Crippen LogP contribution < -0.4 is 4.74 Å². The highest BCUT2D eigenvalue weighted by Crippen LogP contribution is 2.42. The fourth-order valence-electron chi connectivity index (χ4n) is 1.97. The number of thiazole rings is 1. The van der Waals surface area contributed by atoms with Gasteiger partial charge in [0.1, 0.15) is 15.4 Å². The minimum Gasteiger partial charge on any atom is -0.502 e. The third-order valence-corrected chi connectivity index (χ3v) is 4.11. The van der Waals surface area contributed by atoms with Crippen molar-refractivity contribution in [3.05, 3.63) is 24.5 Å². The van der Waals surface area contributed by atoms with Crippen LogP contribution in [0.5, 0.6) is 11.6 Å². The number of hydrogen-bond acceptors (Lipinski definition) is 5. The summed E-state index contributed by atoms with van der Waals surface area (Å²) in [6.07, 6.45) is -1.23. The number of ether oxygens (including phenoxy) is 1. The van der Waals surface area contributed by atoms with Crippen LogP contribution in [0, 0.1) is 0 Å². The lowest BCUT2D eigenvalue weighted by molar-refractivity contribution is -0.154. The summed E-state index contributed by atoms with van der Waals surface area (Å²) < 4.78 is 42.7. The molecule has 3 aromatic heterocycles. The van der Waals surface area contributed by atoms with Gasteiger partial charge in [-0.3, -0.25) is 4.98 Å². The van der Waals surface area contributed by atoms with Gasteiger partial charge >= 0.3 is 6.18 Å². The summed E-state index contributed by atoms with van der Waals surface area (Å²) in [5.41, 5.74) is 0.976. The first-order valence-electron chi connectivity index (χ1n) is 6.15. The zero-order valence-electron chi connectivity index (χ0n) is 11.3. The number of aromatic hydroxyl groups is 1. The molecule has 0 saturated carbocycles. The van der Waals surface area contributed by atoms with Gasteiger partial charge in [-0.25, -0.2) is 4.98 Å². The van der Waals surface area contributed by atoms with Crippen LogP contribution in [0.25, 0.3) is 20.9 Å². The van der Waals surface area contributed by atoms with Crippen molar-refractivity contribution in [1.82, 2.24) is 14.5 Å². The van der Waals surface area contributed by atoms with Gasteiger partial charge < -0.3 is 14.4 Å². The van der Waals surface area contributed by atoms with E-state index in [0.717, 1.165) is 5.56 Å². The van der Waals surface area contributed by atoms with Crippen LogP contribution >= 0.6 is 11.3 Å². The molecule has 0 aromatic carbocycles. The van der Waals surface area contributed by atoms with Crippen molar-refractivity contribution in [3.63, 3.8) is 0 Å². The normalized spacial score (nSPS) is 12.0. The van der Waals surface area contributed by atoms with Gasteiger partial charge in [0.25, 0.3) is 0 Å². The van der Waals surface area contributed by atoms with E-state index in [4.69, 9.17) is 0 Å². The third-order valence-electron chi connectivity index (χ3n) is 2.93. The standard InChI is InChI=1S/C13H10F3N3O2S/c1-19-11(21-6-13(14,15)16)9(20)8-12(19)22-10(18-8)7-3-2-4-17-5-7/h2-5,20H,6H2,1H3. The van der Waals surface area contributed by atoms with Crippen LogP contribution in [0.4, 0.5) is 13.2 Å². The first-order valence-corrected chi connectivity index (χ1v) is 6.96. The summed E-state index contributed by atoms with van der Waals surface area (Å²) in [4.78, 5) is 8.76. The Kier molecular flexibility index (Phi) is 3.44. The smallest absolute Gasteiger partial charge is 0.422 e. The van der Waals surface area contributed by atoms with Crippen molar-refractivity contribution in [2.75, 3.05) is 6.61 Å². The molecular formula is C13H10F3N3O2S. The summed E-state index contributed by atoms with van der Waals surface area (Å²) in [7, 11) is 1.51. The Hall–Kier alpha value is -2.29. The second-order valence-electron chi connectivity index (χ2n) is 4.53. The van der Waals surface area contributed by atoms with Crippen molar-refractivity contribution >= 4 is 21.7 Å². The molecule has 0 atom stereocenters. The van der Waals surface area contributed by atoms with Gasteiger partial charge in [0.05, 0.1) is 0 Å². The number of halogens is 3. The molecule has 3 rings (SSSR count). The maximum Gasteiger partial charge on any atom is 0.422 e. The second kappa shape index (κ2) is 5.16. The Bertz CT molecular complexity index is 774. The number of rotatable bonds is 3. The van der Waals surface area contributed by atoms with E-state index >= 15 is 0 Å².